The Labute approximate surface area is 97.4 Å². The van der Waals surface area contributed by atoms with E-state index < -0.39 is 0 Å². The first-order valence-electron chi connectivity index (χ1n) is 4.81. The van der Waals surface area contributed by atoms with Gasteiger partial charge in [-0.3, -0.25) is 0 Å². The van der Waals surface area contributed by atoms with Gasteiger partial charge in [0.25, 0.3) is 0 Å². The van der Waals surface area contributed by atoms with Gasteiger partial charge in [0, 0.05) is 12.8 Å². The van der Waals surface area contributed by atoms with Crippen LogP contribution in [0.1, 0.15) is 12.8 Å². The average molecular weight is 304 g/mol. The standard InChI is InChI=1S/C10H13IN2O/c11-9-4-1-5-12-10(9)13-8-3-2-6-14-7-8/h1,4-5,8H,2-3,6-7H2,(H,12,13)/t8-/m0/s1. The van der Waals surface area contributed by atoms with Crippen LogP contribution in [-0.2, 0) is 4.74 Å². The summed E-state index contributed by atoms with van der Waals surface area (Å²) >= 11 is 2.29. The largest absolute Gasteiger partial charge is 0.379 e. The van der Waals surface area contributed by atoms with E-state index in [-0.39, 0.29) is 0 Å². The summed E-state index contributed by atoms with van der Waals surface area (Å²) in [6.45, 7) is 1.70. The molecule has 1 aliphatic rings. The van der Waals surface area contributed by atoms with Crippen LogP contribution in [-0.4, -0.2) is 24.2 Å². The molecule has 0 spiro atoms. The maximum atomic E-state index is 5.40. The fourth-order valence-corrected chi connectivity index (χ4v) is 2.04. The van der Waals surface area contributed by atoms with Crippen LogP contribution in [0, 0.1) is 3.57 Å². The van der Waals surface area contributed by atoms with E-state index in [1.54, 1.807) is 0 Å². The van der Waals surface area contributed by atoms with Crippen LogP contribution >= 0.6 is 22.6 Å². The highest BCUT2D eigenvalue weighted by molar-refractivity contribution is 14.1. The molecule has 1 aliphatic heterocycles. The van der Waals surface area contributed by atoms with E-state index in [0.29, 0.717) is 6.04 Å². The van der Waals surface area contributed by atoms with Crippen LogP contribution in [0.3, 0.4) is 0 Å². The summed E-state index contributed by atoms with van der Waals surface area (Å²) in [4.78, 5) is 4.30. The second-order valence-electron chi connectivity index (χ2n) is 3.39. The highest BCUT2D eigenvalue weighted by Gasteiger charge is 2.14. The number of nitrogens with one attached hydrogen (secondary N) is 1. The Hall–Kier alpha value is -0.360. The monoisotopic (exact) mass is 304 g/mol. The van der Waals surface area contributed by atoms with Crippen molar-refractivity contribution in [2.45, 2.75) is 18.9 Å². The van der Waals surface area contributed by atoms with Crippen molar-refractivity contribution in [3.8, 4) is 0 Å². The summed E-state index contributed by atoms with van der Waals surface area (Å²) in [5, 5.41) is 3.41. The lowest BCUT2D eigenvalue weighted by atomic mass is 10.1. The molecule has 4 heteroatoms. The second kappa shape index (κ2) is 4.93. The van der Waals surface area contributed by atoms with Gasteiger partial charge in [-0.05, 0) is 47.6 Å². The summed E-state index contributed by atoms with van der Waals surface area (Å²) in [7, 11) is 0. The molecule has 1 fully saturated rings. The lowest BCUT2D eigenvalue weighted by molar-refractivity contribution is 0.0875. The first-order valence-corrected chi connectivity index (χ1v) is 5.89. The minimum Gasteiger partial charge on any atom is -0.379 e. The number of pyridine rings is 1. The van der Waals surface area contributed by atoms with E-state index >= 15 is 0 Å². The first kappa shape index (κ1) is 10.2. The average Bonchev–Trinajstić information content (AvgIpc) is 2.23. The molecule has 0 aromatic carbocycles. The van der Waals surface area contributed by atoms with Crippen molar-refractivity contribution in [2.75, 3.05) is 18.5 Å². The molecule has 2 rings (SSSR count). The van der Waals surface area contributed by atoms with Crippen molar-refractivity contribution in [3.05, 3.63) is 21.9 Å². The highest BCUT2D eigenvalue weighted by atomic mass is 127. The number of hydrogen-bond acceptors (Lipinski definition) is 3. The van der Waals surface area contributed by atoms with E-state index in [1.807, 2.05) is 12.3 Å². The Morgan fingerprint density at radius 3 is 3.21 bits per heavy atom. The predicted octanol–water partition coefficient (Wildman–Crippen LogP) is 2.28. The SMILES string of the molecule is Ic1cccnc1N[C@H]1CCCOC1. The molecule has 1 saturated heterocycles. The lowest BCUT2D eigenvalue weighted by Gasteiger charge is -2.23. The molecule has 2 heterocycles. The minimum absolute atomic E-state index is 0.423. The van der Waals surface area contributed by atoms with Gasteiger partial charge in [0.05, 0.1) is 16.2 Å². The fourth-order valence-electron chi connectivity index (χ4n) is 1.54. The Bertz CT molecular complexity index is 300. The fraction of sp³-hybridized carbons (Fsp3) is 0.500. The van der Waals surface area contributed by atoms with Gasteiger partial charge in [0.2, 0.25) is 0 Å². The highest BCUT2D eigenvalue weighted by Crippen LogP contribution is 2.17. The van der Waals surface area contributed by atoms with Crippen molar-refractivity contribution in [1.29, 1.82) is 0 Å². The third-order valence-electron chi connectivity index (χ3n) is 2.26. The van der Waals surface area contributed by atoms with Crippen molar-refractivity contribution in [3.63, 3.8) is 0 Å². The molecule has 76 valence electrons. The summed E-state index contributed by atoms with van der Waals surface area (Å²) in [5.41, 5.74) is 0. The minimum atomic E-state index is 0.423. The van der Waals surface area contributed by atoms with Crippen LogP contribution in [0.25, 0.3) is 0 Å². The number of halogens is 1. The third kappa shape index (κ3) is 2.57. The van der Waals surface area contributed by atoms with E-state index in [9.17, 15) is 0 Å². The molecule has 1 atom stereocenters. The van der Waals surface area contributed by atoms with Gasteiger partial charge in [-0.15, -0.1) is 0 Å². The molecule has 0 radical (unpaired) electrons. The number of hydrogen-bond donors (Lipinski definition) is 1. The van der Waals surface area contributed by atoms with Crippen LogP contribution in [0.15, 0.2) is 18.3 Å². The predicted molar refractivity (Wildman–Crippen MR) is 64.4 cm³/mol. The van der Waals surface area contributed by atoms with Gasteiger partial charge in [-0.2, -0.15) is 0 Å². The summed E-state index contributed by atoms with van der Waals surface area (Å²) < 4.78 is 6.56. The van der Waals surface area contributed by atoms with E-state index in [1.165, 1.54) is 6.42 Å². The molecule has 14 heavy (non-hydrogen) atoms. The summed E-state index contributed by atoms with van der Waals surface area (Å²) in [5.74, 6) is 0.976. The van der Waals surface area contributed by atoms with Gasteiger partial charge < -0.3 is 10.1 Å². The molecule has 0 unspecified atom stereocenters. The van der Waals surface area contributed by atoms with Crippen molar-refractivity contribution >= 4 is 28.4 Å². The zero-order valence-corrected chi connectivity index (χ0v) is 10.0. The third-order valence-corrected chi connectivity index (χ3v) is 3.13. The number of anilines is 1. The molecular formula is C10H13IN2O. The summed E-state index contributed by atoms with van der Waals surface area (Å²) in [6, 6.07) is 4.43. The van der Waals surface area contributed by atoms with Gasteiger partial charge in [-0.25, -0.2) is 4.98 Å². The quantitative estimate of drug-likeness (QED) is 0.851. The van der Waals surface area contributed by atoms with E-state index in [4.69, 9.17) is 4.74 Å². The topological polar surface area (TPSA) is 34.2 Å². The Morgan fingerprint density at radius 2 is 2.50 bits per heavy atom. The van der Waals surface area contributed by atoms with Crippen LogP contribution in [0.4, 0.5) is 5.82 Å². The molecule has 1 aromatic rings. The Morgan fingerprint density at radius 1 is 1.57 bits per heavy atom. The van der Waals surface area contributed by atoms with Gasteiger partial charge >= 0.3 is 0 Å². The number of aromatic nitrogens is 1. The van der Waals surface area contributed by atoms with Crippen molar-refractivity contribution in [2.24, 2.45) is 0 Å². The lowest BCUT2D eigenvalue weighted by Crippen LogP contribution is -2.30. The molecule has 0 saturated carbocycles. The van der Waals surface area contributed by atoms with Gasteiger partial charge in [0.1, 0.15) is 5.82 Å². The molecule has 0 amide bonds. The maximum Gasteiger partial charge on any atom is 0.139 e. The normalized spacial score (nSPS) is 21.9. The van der Waals surface area contributed by atoms with Crippen LogP contribution in [0.2, 0.25) is 0 Å². The molecular weight excluding hydrogens is 291 g/mol. The molecule has 1 N–H and O–H groups in total. The van der Waals surface area contributed by atoms with E-state index in [0.717, 1.165) is 29.0 Å². The van der Waals surface area contributed by atoms with Crippen molar-refractivity contribution in [1.82, 2.24) is 4.98 Å². The van der Waals surface area contributed by atoms with E-state index in [2.05, 4.69) is 39.0 Å². The zero-order valence-electron chi connectivity index (χ0n) is 7.87. The zero-order chi connectivity index (χ0) is 9.80. The summed E-state index contributed by atoms with van der Waals surface area (Å²) in [6.07, 6.45) is 4.13. The molecule has 0 bridgehead atoms. The Kier molecular flexibility index (Phi) is 3.58. The molecule has 0 aliphatic carbocycles. The Balaban J connectivity index is 1.99. The smallest absolute Gasteiger partial charge is 0.139 e. The van der Waals surface area contributed by atoms with Gasteiger partial charge in [0.15, 0.2) is 0 Å². The first-order chi connectivity index (χ1) is 6.86. The number of nitrogens with zero attached hydrogens (tertiary/aromatic N) is 1. The number of ether oxygens (including phenoxy) is 1. The molecule has 3 nitrogen and oxygen atoms in total. The van der Waals surface area contributed by atoms with Crippen LogP contribution < -0.4 is 5.32 Å². The van der Waals surface area contributed by atoms with Gasteiger partial charge in [-0.1, -0.05) is 0 Å². The number of rotatable bonds is 2. The second-order valence-corrected chi connectivity index (χ2v) is 4.55. The molecule has 1 aromatic heterocycles. The van der Waals surface area contributed by atoms with Crippen molar-refractivity contribution < 1.29 is 4.74 Å². The van der Waals surface area contributed by atoms with Crippen LogP contribution in [0.5, 0.6) is 0 Å². The maximum absolute atomic E-state index is 5.40.